The van der Waals surface area contributed by atoms with Crippen molar-refractivity contribution in [2.75, 3.05) is 18.4 Å². The van der Waals surface area contributed by atoms with Crippen molar-refractivity contribution in [2.24, 2.45) is 0 Å². The van der Waals surface area contributed by atoms with Crippen LogP contribution in [0, 0.1) is 6.92 Å². The quantitative estimate of drug-likeness (QED) is 0.909. The van der Waals surface area contributed by atoms with Gasteiger partial charge in [0.2, 0.25) is 0 Å². The highest BCUT2D eigenvalue weighted by atomic mass is 16.1. The van der Waals surface area contributed by atoms with Gasteiger partial charge in [-0.1, -0.05) is 0 Å². The second-order valence-corrected chi connectivity index (χ2v) is 5.43. The number of nitrogens with zero attached hydrogens (tertiary/aromatic N) is 2. The normalized spacial score (nSPS) is 15.9. The van der Waals surface area contributed by atoms with Crippen LogP contribution in [0.3, 0.4) is 0 Å². The highest BCUT2D eigenvalue weighted by molar-refractivity contribution is 6.03. The predicted octanol–water partition coefficient (Wildman–Crippen LogP) is 2.37. The highest BCUT2D eigenvalue weighted by Crippen LogP contribution is 2.22. The van der Waals surface area contributed by atoms with E-state index in [1.54, 1.807) is 12.4 Å². The van der Waals surface area contributed by atoms with Gasteiger partial charge in [-0.05, 0) is 56.6 Å². The Morgan fingerprint density at radius 2 is 2.19 bits per heavy atom. The van der Waals surface area contributed by atoms with Crippen molar-refractivity contribution in [1.29, 1.82) is 0 Å². The smallest absolute Gasteiger partial charge is 0.272 e. The Morgan fingerprint density at radius 1 is 1.38 bits per heavy atom. The molecule has 0 saturated carbocycles. The lowest BCUT2D eigenvalue weighted by molar-refractivity contribution is 0.101. The van der Waals surface area contributed by atoms with Gasteiger partial charge in [-0.15, -0.1) is 0 Å². The third-order valence-corrected chi connectivity index (χ3v) is 4.00. The van der Waals surface area contributed by atoms with E-state index in [0.29, 0.717) is 11.7 Å². The number of rotatable bonds is 3. The highest BCUT2D eigenvalue weighted by Gasteiger charge is 2.20. The Kier molecular flexibility index (Phi) is 4.01. The number of carbonyl (C=O) groups excluding carboxylic acids is 1. The fraction of sp³-hybridized carbons (Fsp3) is 0.375. The number of piperidine rings is 1. The van der Waals surface area contributed by atoms with Gasteiger partial charge in [0.05, 0.1) is 11.9 Å². The van der Waals surface area contributed by atoms with Gasteiger partial charge in [-0.2, -0.15) is 0 Å². The number of amides is 1. The van der Waals surface area contributed by atoms with Gasteiger partial charge in [-0.25, -0.2) is 0 Å². The molecule has 2 N–H and O–H groups in total. The molecule has 1 aliphatic rings. The predicted molar refractivity (Wildman–Crippen MR) is 82.5 cm³/mol. The number of nitrogens with one attached hydrogen (secondary N) is 2. The Bertz CT molecular complexity index is 629. The fourth-order valence-electron chi connectivity index (χ4n) is 2.77. The Labute approximate surface area is 124 Å². The van der Waals surface area contributed by atoms with Crippen LogP contribution in [-0.2, 0) is 0 Å². The van der Waals surface area contributed by atoms with Crippen LogP contribution in [0.5, 0.6) is 0 Å². The summed E-state index contributed by atoms with van der Waals surface area (Å²) >= 11 is 0. The summed E-state index contributed by atoms with van der Waals surface area (Å²) < 4.78 is 2.10. The minimum atomic E-state index is -0.0744. The lowest BCUT2D eigenvalue weighted by Crippen LogP contribution is -2.31. The molecule has 3 rings (SSSR count). The minimum absolute atomic E-state index is 0.0744. The van der Waals surface area contributed by atoms with E-state index in [1.807, 2.05) is 31.3 Å². The zero-order chi connectivity index (χ0) is 14.7. The van der Waals surface area contributed by atoms with Gasteiger partial charge in [0.15, 0.2) is 0 Å². The maximum absolute atomic E-state index is 12.5. The van der Waals surface area contributed by atoms with Crippen LogP contribution in [-0.4, -0.2) is 28.5 Å². The van der Waals surface area contributed by atoms with E-state index in [9.17, 15) is 4.79 Å². The lowest BCUT2D eigenvalue weighted by Gasteiger charge is -2.26. The monoisotopic (exact) mass is 284 g/mol. The van der Waals surface area contributed by atoms with Gasteiger partial charge in [-0.3, -0.25) is 9.78 Å². The van der Waals surface area contributed by atoms with Crippen molar-refractivity contribution in [3.8, 4) is 0 Å². The molecule has 0 atom stereocenters. The van der Waals surface area contributed by atoms with Crippen molar-refractivity contribution < 1.29 is 4.79 Å². The van der Waals surface area contributed by atoms with Crippen molar-refractivity contribution in [3.05, 3.63) is 48.0 Å². The molecular weight excluding hydrogens is 264 g/mol. The summed E-state index contributed by atoms with van der Waals surface area (Å²) in [4.78, 5) is 16.6. The summed E-state index contributed by atoms with van der Waals surface area (Å²) in [6.07, 6.45) is 7.52. The molecule has 2 aromatic heterocycles. The summed E-state index contributed by atoms with van der Waals surface area (Å²) in [5.41, 5.74) is 2.49. The molecule has 0 bridgehead atoms. The number of pyridine rings is 1. The molecule has 0 radical (unpaired) electrons. The number of aromatic nitrogens is 2. The topological polar surface area (TPSA) is 59.0 Å². The maximum Gasteiger partial charge on any atom is 0.272 e. The van der Waals surface area contributed by atoms with E-state index >= 15 is 0 Å². The van der Waals surface area contributed by atoms with Crippen LogP contribution >= 0.6 is 0 Å². The Morgan fingerprint density at radius 3 is 2.95 bits per heavy atom. The van der Waals surface area contributed by atoms with Crippen molar-refractivity contribution >= 4 is 11.6 Å². The van der Waals surface area contributed by atoms with Gasteiger partial charge >= 0.3 is 0 Å². The average Bonchev–Trinajstić information content (AvgIpc) is 3.00. The molecule has 21 heavy (non-hydrogen) atoms. The van der Waals surface area contributed by atoms with E-state index in [1.165, 1.54) is 0 Å². The number of hydrogen-bond donors (Lipinski definition) is 2. The molecular formula is C16H20N4O. The van der Waals surface area contributed by atoms with E-state index in [0.717, 1.165) is 37.2 Å². The van der Waals surface area contributed by atoms with E-state index in [-0.39, 0.29) is 5.91 Å². The number of anilines is 1. The summed E-state index contributed by atoms with van der Waals surface area (Å²) in [7, 11) is 0. The van der Waals surface area contributed by atoms with Crippen LogP contribution in [0.4, 0.5) is 5.69 Å². The third kappa shape index (κ3) is 2.97. The van der Waals surface area contributed by atoms with Gasteiger partial charge < -0.3 is 15.2 Å². The molecule has 1 fully saturated rings. The molecule has 1 saturated heterocycles. The zero-order valence-corrected chi connectivity index (χ0v) is 12.2. The molecule has 110 valence electrons. The average molecular weight is 284 g/mol. The molecule has 1 amide bonds. The first-order chi connectivity index (χ1) is 10.3. The fourth-order valence-corrected chi connectivity index (χ4v) is 2.77. The van der Waals surface area contributed by atoms with Gasteiger partial charge in [0.25, 0.3) is 5.91 Å². The maximum atomic E-state index is 12.5. The van der Waals surface area contributed by atoms with Crippen LogP contribution in [0.1, 0.15) is 34.9 Å². The zero-order valence-electron chi connectivity index (χ0n) is 12.2. The van der Waals surface area contributed by atoms with E-state index < -0.39 is 0 Å². The minimum Gasteiger partial charge on any atom is -0.340 e. The van der Waals surface area contributed by atoms with Crippen LogP contribution in [0.15, 0.2) is 36.8 Å². The molecule has 5 nitrogen and oxygen atoms in total. The van der Waals surface area contributed by atoms with E-state index in [4.69, 9.17) is 0 Å². The molecule has 3 heterocycles. The molecule has 0 spiro atoms. The van der Waals surface area contributed by atoms with Gasteiger partial charge in [0.1, 0.15) is 5.69 Å². The second kappa shape index (κ2) is 6.10. The van der Waals surface area contributed by atoms with E-state index in [2.05, 4.69) is 20.2 Å². The Hall–Kier alpha value is -2.14. The first-order valence-corrected chi connectivity index (χ1v) is 7.35. The van der Waals surface area contributed by atoms with Crippen molar-refractivity contribution in [3.63, 3.8) is 0 Å². The van der Waals surface area contributed by atoms with Crippen molar-refractivity contribution in [2.45, 2.75) is 25.8 Å². The summed E-state index contributed by atoms with van der Waals surface area (Å²) in [6, 6.07) is 6.11. The number of hydrogen-bond acceptors (Lipinski definition) is 3. The molecule has 5 heteroatoms. The molecule has 0 aliphatic carbocycles. The summed E-state index contributed by atoms with van der Waals surface area (Å²) in [5.74, 6) is -0.0744. The largest absolute Gasteiger partial charge is 0.340 e. The third-order valence-electron chi connectivity index (χ3n) is 4.00. The van der Waals surface area contributed by atoms with Gasteiger partial charge in [0, 0.05) is 18.4 Å². The second-order valence-electron chi connectivity index (χ2n) is 5.43. The molecule has 1 aliphatic heterocycles. The molecule has 0 aromatic carbocycles. The van der Waals surface area contributed by atoms with Crippen LogP contribution in [0.25, 0.3) is 0 Å². The SMILES string of the molecule is Cc1ccncc1NC(=O)c1cccn1C1CCNCC1. The molecule has 0 unspecified atom stereocenters. The summed E-state index contributed by atoms with van der Waals surface area (Å²) in [6.45, 7) is 3.97. The van der Waals surface area contributed by atoms with Crippen LogP contribution in [0.2, 0.25) is 0 Å². The first-order valence-electron chi connectivity index (χ1n) is 7.35. The van der Waals surface area contributed by atoms with Crippen molar-refractivity contribution in [1.82, 2.24) is 14.9 Å². The number of carbonyl (C=O) groups is 1. The lowest BCUT2D eigenvalue weighted by atomic mass is 10.1. The van der Waals surface area contributed by atoms with Crippen LogP contribution < -0.4 is 10.6 Å². The first kappa shape index (κ1) is 13.8. The standard InChI is InChI=1S/C16H20N4O/c1-12-4-7-18-11-14(12)19-16(21)15-3-2-10-20(15)13-5-8-17-9-6-13/h2-4,7,10-11,13,17H,5-6,8-9H2,1H3,(H,19,21). The summed E-state index contributed by atoms with van der Waals surface area (Å²) in [5, 5.41) is 6.30. The Balaban J connectivity index is 1.79. The number of aryl methyl sites for hydroxylation is 1. The molecule has 2 aromatic rings.